The van der Waals surface area contributed by atoms with E-state index in [0.717, 1.165) is 33.3 Å². The normalized spacial score (nSPS) is 10.4. The molecule has 0 unspecified atom stereocenters. The van der Waals surface area contributed by atoms with Crippen molar-refractivity contribution in [1.29, 1.82) is 0 Å². The lowest BCUT2D eigenvalue weighted by Crippen LogP contribution is -2.23. The fourth-order valence-electron chi connectivity index (χ4n) is 2.68. The van der Waals surface area contributed by atoms with Crippen molar-refractivity contribution in [3.8, 4) is 22.1 Å². The molecule has 0 bridgehead atoms. The Morgan fingerprint density at radius 1 is 1.11 bits per heavy atom. The van der Waals surface area contributed by atoms with Crippen LogP contribution in [0.1, 0.15) is 17.7 Å². The fraction of sp³-hybridized carbons (Fsp3) is 0.238. The molecule has 6 heteroatoms. The Balaban J connectivity index is 1.53. The summed E-state index contributed by atoms with van der Waals surface area (Å²) in [7, 11) is 3.28. The molecule has 1 amide bonds. The van der Waals surface area contributed by atoms with E-state index in [4.69, 9.17) is 9.47 Å². The number of ether oxygens (including phenoxy) is 2. The number of nitrogens with one attached hydrogen (secondary N) is 1. The number of aryl methyl sites for hydroxylation is 1. The minimum atomic E-state index is -0.00293. The zero-order chi connectivity index (χ0) is 19.1. The van der Waals surface area contributed by atoms with Gasteiger partial charge < -0.3 is 14.8 Å². The summed E-state index contributed by atoms with van der Waals surface area (Å²) in [6.45, 7) is 0.453. The highest BCUT2D eigenvalue weighted by Gasteiger charge is 2.09. The van der Waals surface area contributed by atoms with Crippen LogP contribution in [0.3, 0.4) is 0 Å². The van der Waals surface area contributed by atoms with Crippen molar-refractivity contribution in [2.75, 3.05) is 14.2 Å². The first-order valence-electron chi connectivity index (χ1n) is 8.67. The van der Waals surface area contributed by atoms with E-state index < -0.39 is 0 Å². The summed E-state index contributed by atoms with van der Waals surface area (Å²) in [5, 5.41) is 5.87. The molecule has 0 atom stereocenters. The molecule has 1 N–H and O–H groups in total. The number of hydrogen-bond acceptors (Lipinski definition) is 5. The molecule has 5 nitrogen and oxygen atoms in total. The molecule has 0 spiro atoms. The summed E-state index contributed by atoms with van der Waals surface area (Å²) < 4.78 is 10.6. The van der Waals surface area contributed by atoms with E-state index in [0.29, 0.717) is 19.4 Å². The van der Waals surface area contributed by atoms with Crippen LogP contribution in [-0.4, -0.2) is 25.1 Å². The van der Waals surface area contributed by atoms with Crippen molar-refractivity contribution in [2.45, 2.75) is 19.4 Å². The lowest BCUT2D eigenvalue weighted by atomic mass is 10.2. The van der Waals surface area contributed by atoms with Crippen LogP contribution in [0, 0.1) is 0 Å². The van der Waals surface area contributed by atoms with E-state index in [1.807, 2.05) is 53.9 Å². The van der Waals surface area contributed by atoms with E-state index in [1.165, 1.54) is 0 Å². The van der Waals surface area contributed by atoms with Gasteiger partial charge in [-0.05, 0) is 24.6 Å². The summed E-state index contributed by atoms with van der Waals surface area (Å²) >= 11 is 1.57. The molecule has 1 heterocycles. The molecule has 1 aromatic heterocycles. The van der Waals surface area contributed by atoms with Gasteiger partial charge in [0.25, 0.3) is 0 Å². The Labute approximate surface area is 163 Å². The Morgan fingerprint density at radius 3 is 2.78 bits per heavy atom. The monoisotopic (exact) mass is 382 g/mol. The molecule has 0 fully saturated rings. The van der Waals surface area contributed by atoms with Crippen LogP contribution in [0.4, 0.5) is 0 Å². The molecular formula is C21H22N2O3S. The first-order chi connectivity index (χ1) is 13.2. The number of nitrogens with zero attached hydrogens (tertiary/aromatic N) is 1. The van der Waals surface area contributed by atoms with Crippen LogP contribution in [-0.2, 0) is 17.8 Å². The molecule has 140 valence electrons. The lowest BCUT2D eigenvalue weighted by molar-refractivity contribution is -0.121. The van der Waals surface area contributed by atoms with E-state index in [9.17, 15) is 4.79 Å². The van der Waals surface area contributed by atoms with Gasteiger partial charge in [0.1, 0.15) is 16.5 Å². The smallest absolute Gasteiger partial charge is 0.220 e. The van der Waals surface area contributed by atoms with Crippen LogP contribution in [0.2, 0.25) is 0 Å². The SMILES string of the molecule is COc1cccc(-c2nc(CCC(=O)NCc3ccccc3OC)cs2)c1. The summed E-state index contributed by atoms with van der Waals surface area (Å²) in [5.41, 5.74) is 2.90. The third kappa shape index (κ3) is 5.08. The van der Waals surface area contributed by atoms with Crippen LogP contribution >= 0.6 is 11.3 Å². The van der Waals surface area contributed by atoms with Gasteiger partial charge in [0.15, 0.2) is 0 Å². The van der Waals surface area contributed by atoms with Gasteiger partial charge in [-0.15, -0.1) is 11.3 Å². The Hall–Kier alpha value is -2.86. The molecule has 0 saturated carbocycles. The second-order valence-electron chi connectivity index (χ2n) is 5.96. The Morgan fingerprint density at radius 2 is 1.96 bits per heavy atom. The third-order valence-corrected chi connectivity index (χ3v) is 5.09. The largest absolute Gasteiger partial charge is 0.497 e. The number of amides is 1. The first-order valence-corrected chi connectivity index (χ1v) is 9.55. The van der Waals surface area contributed by atoms with Crippen LogP contribution < -0.4 is 14.8 Å². The van der Waals surface area contributed by atoms with Gasteiger partial charge >= 0.3 is 0 Å². The predicted molar refractivity (Wildman–Crippen MR) is 107 cm³/mol. The van der Waals surface area contributed by atoms with Crippen molar-refractivity contribution in [1.82, 2.24) is 10.3 Å². The second kappa shape index (κ2) is 9.19. The second-order valence-corrected chi connectivity index (χ2v) is 6.82. The van der Waals surface area contributed by atoms with Gasteiger partial charge in [-0.1, -0.05) is 30.3 Å². The molecule has 27 heavy (non-hydrogen) atoms. The van der Waals surface area contributed by atoms with Gasteiger partial charge in [-0.25, -0.2) is 4.98 Å². The molecule has 0 aliphatic rings. The summed E-state index contributed by atoms with van der Waals surface area (Å²) in [6, 6.07) is 15.5. The van der Waals surface area contributed by atoms with Crippen LogP contribution in [0.25, 0.3) is 10.6 Å². The van der Waals surface area contributed by atoms with Gasteiger partial charge in [0.05, 0.1) is 19.9 Å². The van der Waals surface area contributed by atoms with Crippen molar-refractivity contribution < 1.29 is 14.3 Å². The van der Waals surface area contributed by atoms with E-state index in [1.54, 1.807) is 25.6 Å². The molecular weight excluding hydrogens is 360 g/mol. The first kappa shape index (κ1) is 18.9. The van der Waals surface area contributed by atoms with Crippen molar-refractivity contribution >= 4 is 17.2 Å². The standard InChI is InChI=1S/C21H22N2O3S/c1-25-18-8-5-7-15(12-18)21-23-17(14-27-21)10-11-20(24)22-13-16-6-3-4-9-19(16)26-2/h3-9,12,14H,10-11,13H2,1-2H3,(H,22,24). The maximum Gasteiger partial charge on any atom is 0.220 e. The van der Waals surface area contributed by atoms with Crippen molar-refractivity contribution in [3.63, 3.8) is 0 Å². The minimum Gasteiger partial charge on any atom is -0.497 e. The molecule has 3 aromatic rings. The zero-order valence-electron chi connectivity index (χ0n) is 15.4. The lowest BCUT2D eigenvalue weighted by Gasteiger charge is -2.09. The fourth-order valence-corrected chi connectivity index (χ4v) is 3.53. The number of hydrogen-bond donors (Lipinski definition) is 1. The van der Waals surface area contributed by atoms with Crippen molar-refractivity contribution in [2.24, 2.45) is 0 Å². The predicted octanol–water partition coefficient (Wildman–Crippen LogP) is 4.08. The quantitative estimate of drug-likeness (QED) is 0.638. The van der Waals surface area contributed by atoms with E-state index in [-0.39, 0.29) is 5.91 Å². The van der Waals surface area contributed by atoms with E-state index >= 15 is 0 Å². The summed E-state index contributed by atoms with van der Waals surface area (Å²) in [5.74, 6) is 1.58. The highest BCUT2D eigenvalue weighted by molar-refractivity contribution is 7.13. The summed E-state index contributed by atoms with van der Waals surface area (Å²) in [6.07, 6.45) is 1.01. The van der Waals surface area contributed by atoms with Gasteiger partial charge in [-0.2, -0.15) is 0 Å². The third-order valence-electron chi connectivity index (χ3n) is 4.15. The molecule has 0 aliphatic heterocycles. The maximum atomic E-state index is 12.2. The van der Waals surface area contributed by atoms with Gasteiger partial charge in [0, 0.05) is 29.5 Å². The molecule has 0 aliphatic carbocycles. The molecule has 2 aromatic carbocycles. The topological polar surface area (TPSA) is 60.5 Å². The Kier molecular flexibility index (Phi) is 6.44. The maximum absolute atomic E-state index is 12.2. The van der Waals surface area contributed by atoms with Gasteiger partial charge in [-0.3, -0.25) is 4.79 Å². The number of benzene rings is 2. The van der Waals surface area contributed by atoms with E-state index in [2.05, 4.69) is 10.3 Å². The highest BCUT2D eigenvalue weighted by atomic mass is 32.1. The molecule has 0 radical (unpaired) electrons. The zero-order valence-corrected chi connectivity index (χ0v) is 16.2. The molecule has 0 saturated heterocycles. The minimum absolute atomic E-state index is 0.00293. The van der Waals surface area contributed by atoms with Crippen molar-refractivity contribution in [3.05, 3.63) is 65.2 Å². The summed E-state index contributed by atoms with van der Waals surface area (Å²) in [4.78, 5) is 16.8. The Bertz CT molecular complexity index is 908. The van der Waals surface area contributed by atoms with Crippen LogP contribution in [0.5, 0.6) is 11.5 Å². The average Bonchev–Trinajstić information content (AvgIpc) is 3.20. The highest BCUT2D eigenvalue weighted by Crippen LogP contribution is 2.27. The van der Waals surface area contributed by atoms with Gasteiger partial charge in [0.2, 0.25) is 5.91 Å². The number of aromatic nitrogens is 1. The number of carbonyl (C=O) groups is 1. The number of thiazole rings is 1. The number of carbonyl (C=O) groups excluding carboxylic acids is 1. The molecule has 3 rings (SSSR count). The van der Waals surface area contributed by atoms with Crippen LogP contribution in [0.15, 0.2) is 53.9 Å². The average molecular weight is 382 g/mol. The number of rotatable bonds is 8. The number of para-hydroxylation sites is 1. The number of methoxy groups -OCH3 is 2.